The number of aryl methyl sites for hydroxylation is 1. The maximum Gasteiger partial charge on any atom is 0.127 e. The monoisotopic (exact) mass is 458 g/mol. The van der Waals surface area contributed by atoms with Gasteiger partial charge in [-0.2, -0.15) is 0 Å². The minimum Gasteiger partial charge on any atom is -0.457 e. The SMILES string of the molecule is C.CC.CC.CC.CC.CC.CC.Cc1ccccc1.c1ccc(Oc2ccccc2)cc1. The van der Waals surface area contributed by atoms with Gasteiger partial charge in [-0.15, -0.1) is 0 Å². The number of para-hydroxylation sites is 2. The van der Waals surface area contributed by atoms with Crippen LogP contribution in [0.15, 0.2) is 91.0 Å². The van der Waals surface area contributed by atoms with Crippen LogP contribution in [0.25, 0.3) is 0 Å². The van der Waals surface area contributed by atoms with Gasteiger partial charge >= 0.3 is 0 Å². The number of rotatable bonds is 2. The Labute approximate surface area is 210 Å². The molecule has 0 heterocycles. The van der Waals surface area contributed by atoms with Crippen molar-refractivity contribution in [3.05, 3.63) is 96.6 Å². The third-order valence-electron chi connectivity index (χ3n) is 2.66. The van der Waals surface area contributed by atoms with E-state index in [1.807, 2.05) is 162 Å². The molecule has 0 radical (unpaired) electrons. The van der Waals surface area contributed by atoms with Crippen LogP contribution in [-0.4, -0.2) is 0 Å². The summed E-state index contributed by atoms with van der Waals surface area (Å²) < 4.78 is 5.58. The van der Waals surface area contributed by atoms with E-state index in [0.29, 0.717) is 0 Å². The molecular weight excluding hydrogens is 400 g/mol. The van der Waals surface area contributed by atoms with Gasteiger partial charge in [0.1, 0.15) is 11.5 Å². The quantitative estimate of drug-likeness (QED) is 0.371. The summed E-state index contributed by atoms with van der Waals surface area (Å²) in [7, 11) is 0. The van der Waals surface area contributed by atoms with E-state index < -0.39 is 0 Å². The van der Waals surface area contributed by atoms with Gasteiger partial charge in [0.25, 0.3) is 0 Å². The van der Waals surface area contributed by atoms with Gasteiger partial charge in [0.05, 0.1) is 0 Å². The third kappa shape index (κ3) is 34.3. The molecule has 3 aromatic carbocycles. The molecule has 0 saturated carbocycles. The van der Waals surface area contributed by atoms with Crippen molar-refractivity contribution in [1.82, 2.24) is 0 Å². The Morgan fingerprint density at radius 3 is 0.758 bits per heavy atom. The average Bonchev–Trinajstić information content (AvgIpc) is 2.93. The summed E-state index contributed by atoms with van der Waals surface area (Å²) in [6, 6.07) is 29.8. The molecule has 0 unspecified atom stereocenters. The van der Waals surface area contributed by atoms with Gasteiger partial charge in [-0.3, -0.25) is 0 Å². The second kappa shape index (κ2) is 47.3. The topological polar surface area (TPSA) is 9.23 Å². The van der Waals surface area contributed by atoms with Gasteiger partial charge in [0, 0.05) is 0 Å². The molecule has 0 bridgehead atoms. The van der Waals surface area contributed by atoms with Crippen LogP contribution in [0.4, 0.5) is 0 Å². The van der Waals surface area contributed by atoms with Crippen molar-refractivity contribution < 1.29 is 4.74 Å². The summed E-state index contributed by atoms with van der Waals surface area (Å²) >= 11 is 0. The molecule has 3 aromatic rings. The van der Waals surface area contributed by atoms with E-state index in [-0.39, 0.29) is 7.43 Å². The normalized spacial score (nSPS) is 6.70. The van der Waals surface area contributed by atoms with Gasteiger partial charge in [-0.05, 0) is 31.2 Å². The second-order valence-electron chi connectivity index (χ2n) is 4.38. The standard InChI is InChI=1S/C12H10O.C7H8.6C2H6.CH4/c1-3-7-11(8-4-1)13-12-9-5-2-6-10-12;1-7-5-3-2-4-6-7;6*1-2;/h1-10H;2-6H,1H3;6*1-2H3;1H4. The molecule has 0 N–H and O–H groups in total. The summed E-state index contributed by atoms with van der Waals surface area (Å²) in [5, 5.41) is 0. The van der Waals surface area contributed by atoms with Crippen molar-refractivity contribution in [2.24, 2.45) is 0 Å². The molecule has 0 aliphatic heterocycles. The largest absolute Gasteiger partial charge is 0.457 e. The zero-order valence-corrected chi connectivity index (χ0v) is 23.6. The Hall–Kier alpha value is -2.54. The molecule has 1 nitrogen and oxygen atoms in total. The summed E-state index contributed by atoms with van der Waals surface area (Å²) in [5.74, 6) is 1.74. The first-order valence-electron chi connectivity index (χ1n) is 12.6. The molecule has 0 fully saturated rings. The highest BCUT2D eigenvalue weighted by Crippen LogP contribution is 2.19. The number of hydrogen-bond donors (Lipinski definition) is 0. The van der Waals surface area contributed by atoms with Gasteiger partial charge in [0.2, 0.25) is 0 Å². The van der Waals surface area contributed by atoms with Crippen molar-refractivity contribution in [3.63, 3.8) is 0 Å². The minimum absolute atomic E-state index is 0. The third-order valence-corrected chi connectivity index (χ3v) is 2.66. The van der Waals surface area contributed by atoms with Crippen molar-refractivity contribution in [1.29, 1.82) is 0 Å². The molecule has 0 aliphatic carbocycles. The molecule has 0 atom stereocenters. The van der Waals surface area contributed by atoms with Gasteiger partial charge in [0.15, 0.2) is 0 Å². The van der Waals surface area contributed by atoms with Crippen LogP contribution >= 0.6 is 0 Å². The first kappa shape index (κ1) is 44.2. The molecule has 33 heavy (non-hydrogen) atoms. The first-order valence-corrected chi connectivity index (χ1v) is 12.6. The second-order valence-corrected chi connectivity index (χ2v) is 4.38. The minimum atomic E-state index is 0. The molecule has 192 valence electrons. The summed E-state index contributed by atoms with van der Waals surface area (Å²) in [6.45, 7) is 26.1. The van der Waals surface area contributed by atoms with E-state index >= 15 is 0 Å². The molecule has 0 aromatic heterocycles. The Kier molecular flexibility index (Phi) is 63.3. The lowest BCUT2D eigenvalue weighted by atomic mass is 10.2. The predicted octanol–water partition coefficient (Wildman–Crippen LogP) is 12.3. The van der Waals surface area contributed by atoms with E-state index in [0.717, 1.165) is 11.5 Å². The highest BCUT2D eigenvalue weighted by Gasteiger charge is 1.92. The fraction of sp³-hybridized carbons (Fsp3) is 0.438. The van der Waals surface area contributed by atoms with Crippen molar-refractivity contribution in [2.75, 3.05) is 0 Å². The highest BCUT2D eigenvalue weighted by molar-refractivity contribution is 5.30. The Bertz CT molecular complexity index is 552. The smallest absolute Gasteiger partial charge is 0.127 e. The first-order chi connectivity index (χ1) is 15.8. The fourth-order valence-electron chi connectivity index (χ4n) is 1.65. The lowest BCUT2D eigenvalue weighted by Gasteiger charge is -2.03. The Morgan fingerprint density at radius 2 is 0.576 bits per heavy atom. The van der Waals surface area contributed by atoms with Crippen molar-refractivity contribution in [2.45, 2.75) is 97.4 Å². The van der Waals surface area contributed by atoms with Gasteiger partial charge in [-0.25, -0.2) is 0 Å². The number of ether oxygens (including phenoxy) is 1. The molecule has 1 heteroatoms. The van der Waals surface area contributed by atoms with Crippen molar-refractivity contribution >= 4 is 0 Å². The maximum atomic E-state index is 5.58. The lowest BCUT2D eigenvalue weighted by molar-refractivity contribution is 0.482. The van der Waals surface area contributed by atoms with Crippen LogP contribution in [-0.2, 0) is 0 Å². The Balaban J connectivity index is -0.0000000785. The maximum absolute atomic E-state index is 5.58. The molecule has 3 rings (SSSR count). The zero-order chi connectivity index (χ0) is 26.0. The summed E-state index contributed by atoms with van der Waals surface area (Å²) in [5.41, 5.74) is 1.32. The molecule has 0 amide bonds. The van der Waals surface area contributed by atoms with E-state index in [9.17, 15) is 0 Å². The van der Waals surface area contributed by atoms with Crippen LogP contribution in [0, 0.1) is 6.92 Å². The molecule has 0 saturated heterocycles. The van der Waals surface area contributed by atoms with Crippen LogP contribution in [0.2, 0.25) is 0 Å². The van der Waals surface area contributed by atoms with E-state index in [1.54, 1.807) is 0 Å². The average molecular weight is 459 g/mol. The lowest BCUT2D eigenvalue weighted by Crippen LogP contribution is -1.81. The number of hydrogen-bond acceptors (Lipinski definition) is 1. The molecule has 0 aliphatic rings. The molecule has 0 spiro atoms. The van der Waals surface area contributed by atoms with Crippen LogP contribution < -0.4 is 4.74 Å². The molecular formula is C32H58O. The van der Waals surface area contributed by atoms with E-state index in [4.69, 9.17) is 4.74 Å². The zero-order valence-electron chi connectivity index (χ0n) is 23.6. The fourth-order valence-corrected chi connectivity index (χ4v) is 1.65. The Morgan fingerprint density at radius 1 is 0.364 bits per heavy atom. The van der Waals surface area contributed by atoms with E-state index in [1.165, 1.54) is 5.56 Å². The number of benzene rings is 3. The van der Waals surface area contributed by atoms with Crippen molar-refractivity contribution in [3.8, 4) is 11.5 Å². The van der Waals surface area contributed by atoms with Crippen LogP contribution in [0.1, 0.15) is 96.1 Å². The van der Waals surface area contributed by atoms with Crippen LogP contribution in [0.3, 0.4) is 0 Å². The van der Waals surface area contributed by atoms with E-state index in [2.05, 4.69) is 19.1 Å². The predicted molar refractivity (Wildman–Crippen MR) is 159 cm³/mol. The summed E-state index contributed by atoms with van der Waals surface area (Å²) in [4.78, 5) is 0. The van der Waals surface area contributed by atoms with Crippen LogP contribution in [0.5, 0.6) is 11.5 Å². The van der Waals surface area contributed by atoms with Gasteiger partial charge in [-0.1, -0.05) is 163 Å². The highest BCUT2D eigenvalue weighted by atomic mass is 16.5. The van der Waals surface area contributed by atoms with Gasteiger partial charge < -0.3 is 4.74 Å². The summed E-state index contributed by atoms with van der Waals surface area (Å²) in [6.07, 6.45) is 0.